The van der Waals surface area contributed by atoms with Gasteiger partial charge < -0.3 is 10.2 Å². The summed E-state index contributed by atoms with van der Waals surface area (Å²) in [5.41, 5.74) is 5.84. The highest BCUT2D eigenvalue weighted by Gasteiger charge is 2.31. The molecule has 3 aromatic rings. The number of nitrogens with one attached hydrogen (secondary N) is 1. The smallest absolute Gasteiger partial charge is 0.326 e. The lowest BCUT2D eigenvalue weighted by atomic mass is 9.95. The SMILES string of the molecule is Cc1ccc(CNC(C)(CO)C(=O)O)cc1C=Cc1cccc(-c2ccc(F)cc2)c1C. The third-order valence-electron chi connectivity index (χ3n) is 5.79. The molecule has 0 amide bonds. The van der Waals surface area contributed by atoms with Crippen LogP contribution in [-0.2, 0) is 11.3 Å². The Hall–Kier alpha value is -3.28. The van der Waals surface area contributed by atoms with Crippen molar-refractivity contribution in [2.24, 2.45) is 0 Å². The lowest BCUT2D eigenvalue weighted by Crippen LogP contribution is -2.52. The van der Waals surface area contributed by atoms with Gasteiger partial charge in [-0.15, -0.1) is 0 Å². The molecule has 5 heteroatoms. The summed E-state index contributed by atoms with van der Waals surface area (Å²) in [6, 6.07) is 18.5. The van der Waals surface area contributed by atoms with Crippen LogP contribution in [0.1, 0.15) is 34.7 Å². The summed E-state index contributed by atoms with van der Waals surface area (Å²) in [6.45, 7) is 5.36. The van der Waals surface area contributed by atoms with E-state index in [4.69, 9.17) is 0 Å². The fraction of sp³-hybridized carbons (Fsp3) is 0.222. The van der Waals surface area contributed by atoms with Crippen LogP contribution in [0.4, 0.5) is 4.39 Å². The van der Waals surface area contributed by atoms with E-state index in [9.17, 15) is 19.4 Å². The molecule has 0 heterocycles. The van der Waals surface area contributed by atoms with Crippen LogP contribution in [0.3, 0.4) is 0 Å². The second-order valence-corrected chi connectivity index (χ2v) is 8.20. The van der Waals surface area contributed by atoms with Crippen molar-refractivity contribution >= 4 is 18.1 Å². The first-order valence-electron chi connectivity index (χ1n) is 10.5. The van der Waals surface area contributed by atoms with Gasteiger partial charge in [0.2, 0.25) is 0 Å². The molecule has 0 aliphatic rings. The maximum atomic E-state index is 13.3. The summed E-state index contributed by atoms with van der Waals surface area (Å²) in [7, 11) is 0. The minimum atomic E-state index is -1.39. The molecule has 3 N–H and O–H groups in total. The zero-order valence-corrected chi connectivity index (χ0v) is 18.5. The molecule has 0 aliphatic heterocycles. The van der Waals surface area contributed by atoms with Crippen molar-refractivity contribution in [2.45, 2.75) is 32.9 Å². The number of rotatable bonds is 8. The van der Waals surface area contributed by atoms with E-state index in [-0.39, 0.29) is 5.82 Å². The van der Waals surface area contributed by atoms with Gasteiger partial charge in [0.1, 0.15) is 11.4 Å². The molecule has 3 aromatic carbocycles. The van der Waals surface area contributed by atoms with Crippen LogP contribution >= 0.6 is 0 Å². The Morgan fingerprint density at radius 3 is 2.38 bits per heavy atom. The number of halogens is 1. The fourth-order valence-corrected chi connectivity index (χ4v) is 3.43. The van der Waals surface area contributed by atoms with Gasteiger partial charge in [0.25, 0.3) is 0 Å². The molecule has 0 saturated heterocycles. The number of benzene rings is 3. The van der Waals surface area contributed by atoms with Crippen molar-refractivity contribution in [3.8, 4) is 11.1 Å². The van der Waals surface area contributed by atoms with Gasteiger partial charge in [-0.3, -0.25) is 10.1 Å². The number of hydrogen-bond donors (Lipinski definition) is 3. The van der Waals surface area contributed by atoms with Gasteiger partial charge >= 0.3 is 5.97 Å². The topological polar surface area (TPSA) is 69.6 Å². The number of carboxylic acids is 1. The van der Waals surface area contributed by atoms with Crippen molar-refractivity contribution in [1.82, 2.24) is 5.32 Å². The summed E-state index contributed by atoms with van der Waals surface area (Å²) in [4.78, 5) is 11.4. The van der Waals surface area contributed by atoms with E-state index in [1.807, 2.05) is 56.3 Å². The highest BCUT2D eigenvalue weighted by atomic mass is 19.1. The van der Waals surface area contributed by atoms with Crippen LogP contribution in [0.2, 0.25) is 0 Å². The average Bonchev–Trinajstić information content (AvgIpc) is 2.78. The van der Waals surface area contributed by atoms with Crippen LogP contribution < -0.4 is 5.32 Å². The number of aliphatic hydroxyl groups excluding tert-OH is 1. The van der Waals surface area contributed by atoms with Gasteiger partial charge in [0.15, 0.2) is 0 Å². The Bertz CT molecular complexity index is 1140. The Balaban J connectivity index is 1.84. The maximum absolute atomic E-state index is 13.3. The van der Waals surface area contributed by atoms with Crippen molar-refractivity contribution in [3.05, 3.63) is 94.3 Å². The Labute approximate surface area is 188 Å². The molecule has 1 atom stereocenters. The molecule has 32 heavy (non-hydrogen) atoms. The van der Waals surface area contributed by atoms with Crippen LogP contribution in [-0.4, -0.2) is 28.3 Å². The average molecular weight is 434 g/mol. The largest absolute Gasteiger partial charge is 0.480 e. The van der Waals surface area contributed by atoms with E-state index >= 15 is 0 Å². The minimum absolute atomic E-state index is 0.255. The number of carboxylic acid groups (broad SMARTS) is 1. The molecule has 4 nitrogen and oxygen atoms in total. The van der Waals surface area contributed by atoms with E-state index in [0.717, 1.165) is 38.9 Å². The van der Waals surface area contributed by atoms with E-state index in [1.54, 1.807) is 12.1 Å². The molecule has 0 aromatic heterocycles. The first-order valence-corrected chi connectivity index (χ1v) is 10.5. The highest BCUT2D eigenvalue weighted by molar-refractivity contribution is 5.79. The van der Waals surface area contributed by atoms with E-state index in [2.05, 4.69) is 11.4 Å². The highest BCUT2D eigenvalue weighted by Crippen LogP contribution is 2.27. The first-order chi connectivity index (χ1) is 15.2. The van der Waals surface area contributed by atoms with E-state index in [0.29, 0.717) is 6.54 Å². The van der Waals surface area contributed by atoms with Gasteiger partial charge in [0.05, 0.1) is 6.61 Å². The van der Waals surface area contributed by atoms with Crippen LogP contribution in [0.5, 0.6) is 0 Å². The van der Waals surface area contributed by atoms with Gasteiger partial charge in [-0.05, 0) is 71.8 Å². The molecule has 166 valence electrons. The molecular formula is C27H28FNO3. The number of aryl methyl sites for hydroxylation is 1. The molecule has 1 unspecified atom stereocenters. The third kappa shape index (κ3) is 5.31. The minimum Gasteiger partial charge on any atom is -0.480 e. The molecule has 0 saturated carbocycles. The van der Waals surface area contributed by atoms with Gasteiger partial charge in [-0.2, -0.15) is 0 Å². The lowest BCUT2D eigenvalue weighted by Gasteiger charge is -2.24. The predicted octanol–water partition coefficient (Wildman–Crippen LogP) is 5.21. The van der Waals surface area contributed by atoms with Crippen LogP contribution in [0.25, 0.3) is 23.3 Å². The van der Waals surface area contributed by atoms with Gasteiger partial charge in [-0.1, -0.05) is 60.7 Å². The van der Waals surface area contributed by atoms with Crippen LogP contribution in [0, 0.1) is 19.7 Å². The zero-order valence-electron chi connectivity index (χ0n) is 18.5. The summed E-state index contributed by atoms with van der Waals surface area (Å²) in [5.74, 6) is -1.35. The zero-order chi connectivity index (χ0) is 23.3. The summed E-state index contributed by atoms with van der Waals surface area (Å²) in [6.07, 6.45) is 4.09. The first kappa shape index (κ1) is 23.4. The van der Waals surface area contributed by atoms with Crippen molar-refractivity contribution in [3.63, 3.8) is 0 Å². The number of carbonyl (C=O) groups is 1. The Morgan fingerprint density at radius 2 is 1.72 bits per heavy atom. The molecule has 0 spiro atoms. The second kappa shape index (κ2) is 9.90. The standard InChI is InChI=1S/C27H28FNO3/c1-18-7-8-20(16-29-27(3,17-30)26(31)32)15-23(18)10-9-21-5-4-6-25(19(21)2)22-11-13-24(28)14-12-22/h4-15,29-30H,16-17H2,1-3H3,(H,31,32). The summed E-state index contributed by atoms with van der Waals surface area (Å²) < 4.78 is 13.3. The van der Waals surface area contributed by atoms with E-state index < -0.39 is 18.1 Å². The summed E-state index contributed by atoms with van der Waals surface area (Å²) >= 11 is 0. The van der Waals surface area contributed by atoms with Crippen molar-refractivity contribution in [2.75, 3.05) is 6.61 Å². The summed E-state index contributed by atoms with van der Waals surface area (Å²) in [5, 5.41) is 21.6. The number of aliphatic carboxylic acids is 1. The van der Waals surface area contributed by atoms with E-state index in [1.165, 1.54) is 19.1 Å². The maximum Gasteiger partial charge on any atom is 0.326 e. The molecule has 0 fully saturated rings. The third-order valence-corrected chi connectivity index (χ3v) is 5.79. The monoisotopic (exact) mass is 433 g/mol. The predicted molar refractivity (Wildman–Crippen MR) is 127 cm³/mol. The van der Waals surface area contributed by atoms with Crippen LogP contribution in [0.15, 0.2) is 60.7 Å². The number of hydrogen-bond acceptors (Lipinski definition) is 3. The molecule has 0 bridgehead atoms. The molecular weight excluding hydrogens is 405 g/mol. The molecule has 0 radical (unpaired) electrons. The quantitative estimate of drug-likeness (QED) is 0.427. The van der Waals surface area contributed by atoms with Gasteiger partial charge in [0, 0.05) is 6.54 Å². The normalized spacial score (nSPS) is 13.3. The molecule has 0 aliphatic carbocycles. The fourth-order valence-electron chi connectivity index (χ4n) is 3.43. The second-order valence-electron chi connectivity index (χ2n) is 8.20. The van der Waals surface area contributed by atoms with Crippen molar-refractivity contribution < 1.29 is 19.4 Å². The Morgan fingerprint density at radius 1 is 1.03 bits per heavy atom. The molecule has 3 rings (SSSR count). The number of aliphatic hydroxyl groups is 1. The Kier molecular flexibility index (Phi) is 7.23. The van der Waals surface area contributed by atoms with Gasteiger partial charge in [-0.25, -0.2) is 4.39 Å². The lowest BCUT2D eigenvalue weighted by molar-refractivity contribution is -0.145. The van der Waals surface area contributed by atoms with Crippen molar-refractivity contribution in [1.29, 1.82) is 0 Å².